The number of amides is 2. The second-order valence-corrected chi connectivity index (χ2v) is 6.92. The van der Waals surface area contributed by atoms with E-state index >= 15 is 0 Å². The lowest BCUT2D eigenvalue weighted by molar-refractivity contribution is 0.251. The van der Waals surface area contributed by atoms with Gasteiger partial charge >= 0.3 is 11.7 Å². The highest BCUT2D eigenvalue weighted by molar-refractivity contribution is 5.89. The number of hydrogen-bond donors (Lipinski definition) is 2. The van der Waals surface area contributed by atoms with Crippen molar-refractivity contribution in [2.24, 2.45) is 0 Å². The number of carbonyl (C=O) groups excluding carboxylic acids is 1. The van der Waals surface area contributed by atoms with Crippen LogP contribution in [0.4, 0.5) is 10.5 Å². The molecule has 0 radical (unpaired) electrons. The Morgan fingerprint density at radius 2 is 1.86 bits per heavy atom. The predicted octanol–water partition coefficient (Wildman–Crippen LogP) is 2.74. The lowest BCUT2D eigenvalue weighted by atomic mass is 10.3. The lowest BCUT2D eigenvalue weighted by Gasteiger charge is -2.08. The first kappa shape index (κ1) is 18.8. The van der Waals surface area contributed by atoms with E-state index in [-0.39, 0.29) is 18.3 Å². The van der Waals surface area contributed by atoms with Gasteiger partial charge in [-0.1, -0.05) is 18.2 Å². The maximum atomic E-state index is 12.9. The van der Waals surface area contributed by atoms with Crippen molar-refractivity contribution < 1.29 is 9.53 Å². The van der Waals surface area contributed by atoms with E-state index in [1.165, 1.54) is 4.68 Å². The third-order valence-electron chi connectivity index (χ3n) is 4.78. The Bertz CT molecular complexity index is 1040. The van der Waals surface area contributed by atoms with Crippen molar-refractivity contribution in [1.82, 2.24) is 19.7 Å². The van der Waals surface area contributed by atoms with Crippen molar-refractivity contribution in [3.8, 4) is 11.4 Å². The molecule has 2 aromatic carbocycles. The first-order valence-electron chi connectivity index (χ1n) is 9.60. The number of nitrogens with one attached hydrogen (secondary N) is 2. The van der Waals surface area contributed by atoms with Crippen LogP contribution in [0, 0.1) is 0 Å². The summed E-state index contributed by atoms with van der Waals surface area (Å²) >= 11 is 0. The summed E-state index contributed by atoms with van der Waals surface area (Å²) in [6.45, 7) is 0.590. The third-order valence-corrected chi connectivity index (χ3v) is 4.78. The largest absolute Gasteiger partial charge is 0.497 e. The molecular formula is C21H23N5O3. The Morgan fingerprint density at radius 3 is 2.52 bits per heavy atom. The minimum atomic E-state index is -0.340. The molecule has 8 nitrogen and oxygen atoms in total. The van der Waals surface area contributed by atoms with Crippen molar-refractivity contribution in [1.29, 1.82) is 0 Å². The average molecular weight is 393 g/mol. The number of aromatic nitrogens is 3. The quantitative estimate of drug-likeness (QED) is 0.646. The molecule has 3 aromatic rings. The van der Waals surface area contributed by atoms with Gasteiger partial charge in [-0.05, 0) is 49.2 Å². The van der Waals surface area contributed by atoms with Crippen LogP contribution in [0.2, 0.25) is 0 Å². The van der Waals surface area contributed by atoms with Crippen molar-refractivity contribution in [3.63, 3.8) is 0 Å². The minimum Gasteiger partial charge on any atom is -0.497 e. The fourth-order valence-corrected chi connectivity index (χ4v) is 3.12. The first-order valence-corrected chi connectivity index (χ1v) is 9.60. The molecule has 1 fully saturated rings. The van der Waals surface area contributed by atoms with Gasteiger partial charge in [0.2, 0.25) is 0 Å². The van der Waals surface area contributed by atoms with Crippen molar-refractivity contribution in [2.45, 2.75) is 25.3 Å². The Balaban J connectivity index is 1.39. The van der Waals surface area contributed by atoms with Crippen LogP contribution in [-0.2, 0) is 6.54 Å². The van der Waals surface area contributed by atoms with E-state index in [2.05, 4.69) is 15.7 Å². The molecule has 1 aliphatic rings. The predicted molar refractivity (Wildman–Crippen MR) is 110 cm³/mol. The highest BCUT2D eigenvalue weighted by atomic mass is 16.5. The second kappa shape index (κ2) is 8.22. The molecule has 0 atom stereocenters. The number of hydrogen-bond acceptors (Lipinski definition) is 4. The van der Waals surface area contributed by atoms with E-state index in [9.17, 15) is 9.59 Å². The van der Waals surface area contributed by atoms with Crippen LogP contribution in [0.3, 0.4) is 0 Å². The van der Waals surface area contributed by atoms with Gasteiger partial charge in [-0.3, -0.25) is 0 Å². The second-order valence-electron chi connectivity index (χ2n) is 6.92. The van der Waals surface area contributed by atoms with E-state index in [1.807, 2.05) is 30.3 Å². The first-order chi connectivity index (χ1) is 14.2. The summed E-state index contributed by atoms with van der Waals surface area (Å²) in [6, 6.07) is 16.2. The van der Waals surface area contributed by atoms with E-state index in [4.69, 9.17) is 4.74 Å². The van der Waals surface area contributed by atoms with E-state index in [0.717, 1.165) is 30.1 Å². The molecule has 1 heterocycles. The number of methoxy groups -OCH3 is 1. The molecule has 8 heteroatoms. The summed E-state index contributed by atoms with van der Waals surface area (Å²) in [5.74, 6) is 1.84. The summed E-state index contributed by atoms with van der Waals surface area (Å²) in [4.78, 5) is 25.0. The van der Waals surface area contributed by atoms with Crippen LogP contribution < -0.4 is 21.1 Å². The van der Waals surface area contributed by atoms with Crippen LogP contribution in [0.25, 0.3) is 5.69 Å². The number of ether oxygens (including phenoxy) is 1. The maximum absolute atomic E-state index is 12.9. The van der Waals surface area contributed by atoms with Crippen LogP contribution in [-0.4, -0.2) is 34.0 Å². The summed E-state index contributed by atoms with van der Waals surface area (Å²) < 4.78 is 8.19. The van der Waals surface area contributed by atoms with Gasteiger partial charge in [0.1, 0.15) is 11.6 Å². The molecule has 29 heavy (non-hydrogen) atoms. The van der Waals surface area contributed by atoms with Gasteiger partial charge < -0.3 is 15.4 Å². The molecule has 0 unspecified atom stereocenters. The number of anilines is 1. The van der Waals surface area contributed by atoms with Gasteiger partial charge in [-0.25, -0.2) is 18.8 Å². The minimum absolute atomic E-state index is 0.185. The smallest absolute Gasteiger partial charge is 0.350 e. The summed E-state index contributed by atoms with van der Waals surface area (Å²) in [7, 11) is 1.59. The number of rotatable bonds is 7. The fourth-order valence-electron chi connectivity index (χ4n) is 3.12. The number of urea groups is 1. The molecule has 0 spiro atoms. The van der Waals surface area contributed by atoms with Gasteiger partial charge in [0.25, 0.3) is 0 Å². The topological polar surface area (TPSA) is 90.2 Å². The SMILES string of the molecule is COc1ccc(NC(=O)NCCn2nc(C3CC3)n(-c3ccccc3)c2=O)cc1. The van der Waals surface area contributed by atoms with Crippen LogP contribution in [0.1, 0.15) is 24.6 Å². The van der Waals surface area contributed by atoms with Gasteiger partial charge in [-0.2, -0.15) is 5.10 Å². The molecule has 1 aromatic heterocycles. The van der Waals surface area contributed by atoms with Crippen molar-refractivity contribution in [3.05, 3.63) is 70.9 Å². The highest BCUT2D eigenvalue weighted by Gasteiger charge is 2.31. The van der Waals surface area contributed by atoms with Gasteiger partial charge in [0.15, 0.2) is 0 Å². The normalized spacial score (nSPS) is 13.1. The average Bonchev–Trinajstić information content (AvgIpc) is 3.54. The zero-order valence-corrected chi connectivity index (χ0v) is 16.2. The Labute approximate surface area is 168 Å². The number of benzene rings is 2. The summed E-state index contributed by atoms with van der Waals surface area (Å²) in [5, 5.41) is 10.0. The molecule has 2 N–H and O–H groups in total. The van der Waals surface area contributed by atoms with Crippen molar-refractivity contribution >= 4 is 11.7 Å². The molecule has 2 amide bonds. The van der Waals surface area contributed by atoms with Crippen LogP contribution in [0.5, 0.6) is 5.75 Å². The van der Waals surface area contributed by atoms with Gasteiger partial charge in [-0.15, -0.1) is 0 Å². The highest BCUT2D eigenvalue weighted by Crippen LogP contribution is 2.39. The monoisotopic (exact) mass is 393 g/mol. The maximum Gasteiger partial charge on any atom is 0.350 e. The Morgan fingerprint density at radius 1 is 1.14 bits per heavy atom. The van der Waals surface area contributed by atoms with Gasteiger partial charge in [0.05, 0.1) is 19.3 Å². The third kappa shape index (κ3) is 4.31. The number of nitrogens with zero attached hydrogens (tertiary/aromatic N) is 3. The van der Waals surface area contributed by atoms with Gasteiger partial charge in [0, 0.05) is 18.2 Å². The summed E-state index contributed by atoms with van der Waals surface area (Å²) in [6.07, 6.45) is 2.09. The lowest BCUT2D eigenvalue weighted by Crippen LogP contribution is -2.34. The Hall–Kier alpha value is -3.55. The molecule has 0 saturated heterocycles. The number of para-hydroxylation sites is 1. The Kier molecular flexibility index (Phi) is 5.33. The van der Waals surface area contributed by atoms with Crippen LogP contribution >= 0.6 is 0 Å². The molecule has 0 bridgehead atoms. The molecular weight excluding hydrogens is 370 g/mol. The van der Waals surface area contributed by atoms with Crippen molar-refractivity contribution in [2.75, 3.05) is 19.0 Å². The standard InChI is InChI=1S/C21H23N5O3/c1-29-18-11-9-16(10-12-18)23-20(27)22-13-14-25-21(28)26(17-5-3-2-4-6-17)19(24-25)15-7-8-15/h2-6,9-12,15H,7-8,13-14H2,1H3,(H2,22,23,27). The van der Waals surface area contributed by atoms with E-state index in [0.29, 0.717) is 18.2 Å². The molecule has 1 aliphatic carbocycles. The van der Waals surface area contributed by atoms with E-state index in [1.54, 1.807) is 35.9 Å². The molecule has 150 valence electrons. The summed E-state index contributed by atoms with van der Waals surface area (Å²) in [5.41, 5.74) is 1.29. The molecule has 0 aliphatic heterocycles. The number of carbonyl (C=O) groups is 1. The molecule has 1 saturated carbocycles. The zero-order valence-electron chi connectivity index (χ0n) is 16.2. The van der Waals surface area contributed by atoms with Crippen LogP contribution in [0.15, 0.2) is 59.4 Å². The fraction of sp³-hybridized carbons (Fsp3) is 0.286. The molecule has 4 rings (SSSR count). The van der Waals surface area contributed by atoms with E-state index < -0.39 is 0 Å². The zero-order chi connectivity index (χ0) is 20.2.